The maximum atomic E-state index is 14.2. The SMILES string of the molecule is Cc1ccn(-c2cc(Cl)ccc2[C@@H](Oc2nc(C)nc3c2CC=C3Br)C(F)(F)F)n1. The highest BCUT2D eigenvalue weighted by Crippen LogP contribution is 2.42. The van der Waals surface area contributed by atoms with Gasteiger partial charge in [-0.05, 0) is 54.4 Å². The first-order chi connectivity index (χ1) is 14.1. The zero-order valence-corrected chi connectivity index (χ0v) is 18.2. The Morgan fingerprint density at radius 1 is 1.20 bits per heavy atom. The normalized spacial score (nSPS) is 14.4. The molecule has 2 aromatic heterocycles. The fraction of sp³-hybridized carbons (Fsp3) is 0.250. The van der Waals surface area contributed by atoms with Crippen molar-refractivity contribution in [2.75, 3.05) is 0 Å². The van der Waals surface area contributed by atoms with Gasteiger partial charge in [0.1, 0.15) is 5.82 Å². The zero-order valence-electron chi connectivity index (χ0n) is 15.8. The highest BCUT2D eigenvalue weighted by molar-refractivity contribution is 9.15. The number of halogens is 5. The largest absolute Gasteiger partial charge is 0.459 e. The Labute approximate surface area is 183 Å². The molecule has 30 heavy (non-hydrogen) atoms. The standard InChI is InChI=1S/C20H15BrClF3N4O/c1-10-7-8-29(28-10)16-9-12(22)3-4-13(16)18(20(23,24)25)30-19-14-5-6-15(21)17(14)26-11(2)27-19/h3-4,6-9,18H,5H2,1-2H3/t18-/m1/s1. The first-order valence-electron chi connectivity index (χ1n) is 8.92. The summed E-state index contributed by atoms with van der Waals surface area (Å²) in [5.74, 6) is 0.221. The van der Waals surface area contributed by atoms with Gasteiger partial charge in [-0.1, -0.05) is 23.7 Å². The van der Waals surface area contributed by atoms with Crippen molar-refractivity contribution in [2.24, 2.45) is 0 Å². The van der Waals surface area contributed by atoms with E-state index in [2.05, 4.69) is 31.0 Å². The third-order valence-corrected chi connectivity index (χ3v) is 5.50. The van der Waals surface area contributed by atoms with Crippen molar-refractivity contribution in [3.05, 3.63) is 69.9 Å². The van der Waals surface area contributed by atoms with E-state index < -0.39 is 12.3 Å². The quantitative estimate of drug-likeness (QED) is 0.448. The van der Waals surface area contributed by atoms with Gasteiger partial charge in [0, 0.05) is 26.8 Å². The van der Waals surface area contributed by atoms with E-state index in [1.807, 2.05) is 6.08 Å². The first kappa shape index (κ1) is 20.9. The van der Waals surface area contributed by atoms with E-state index in [-0.39, 0.29) is 22.2 Å². The molecule has 4 rings (SSSR count). The van der Waals surface area contributed by atoms with E-state index in [1.54, 1.807) is 26.1 Å². The number of hydrogen-bond acceptors (Lipinski definition) is 4. The van der Waals surface area contributed by atoms with Gasteiger partial charge in [0.05, 0.1) is 17.1 Å². The van der Waals surface area contributed by atoms with Gasteiger partial charge in [-0.2, -0.15) is 23.3 Å². The van der Waals surface area contributed by atoms with Crippen LogP contribution in [0.2, 0.25) is 5.02 Å². The predicted molar refractivity (Wildman–Crippen MR) is 110 cm³/mol. The molecule has 0 unspecified atom stereocenters. The molecule has 0 N–H and O–H groups in total. The molecule has 0 radical (unpaired) electrons. The number of rotatable bonds is 4. The van der Waals surface area contributed by atoms with Crippen molar-refractivity contribution in [3.8, 4) is 11.6 Å². The molecule has 1 aliphatic carbocycles. The summed E-state index contributed by atoms with van der Waals surface area (Å²) in [4.78, 5) is 8.44. The van der Waals surface area contributed by atoms with Gasteiger partial charge >= 0.3 is 6.18 Å². The number of aromatic nitrogens is 4. The molecule has 3 aromatic rings. The molecular weight excluding hydrogens is 485 g/mol. The van der Waals surface area contributed by atoms with Crippen molar-refractivity contribution in [1.82, 2.24) is 19.7 Å². The molecule has 0 spiro atoms. The minimum atomic E-state index is -4.71. The molecule has 1 aliphatic rings. The fourth-order valence-corrected chi connectivity index (χ4v) is 3.90. The highest BCUT2D eigenvalue weighted by Gasteiger charge is 2.45. The fourth-order valence-electron chi connectivity index (χ4n) is 3.24. The number of nitrogens with zero attached hydrogens (tertiary/aromatic N) is 4. The number of alkyl halides is 3. The molecular formula is C20H15BrClF3N4O. The minimum Gasteiger partial charge on any atom is -0.459 e. The Hall–Kier alpha value is -2.39. The van der Waals surface area contributed by atoms with Gasteiger partial charge in [0.15, 0.2) is 0 Å². The smallest absolute Gasteiger partial charge is 0.429 e. The molecule has 1 aromatic carbocycles. The van der Waals surface area contributed by atoms with E-state index in [0.717, 1.165) is 0 Å². The summed E-state index contributed by atoms with van der Waals surface area (Å²) in [6, 6.07) is 5.82. The molecule has 156 valence electrons. The van der Waals surface area contributed by atoms with E-state index in [4.69, 9.17) is 16.3 Å². The second-order valence-electron chi connectivity index (χ2n) is 6.80. The Morgan fingerprint density at radius 2 is 1.97 bits per heavy atom. The van der Waals surface area contributed by atoms with E-state index in [1.165, 1.54) is 22.9 Å². The maximum absolute atomic E-state index is 14.2. The molecule has 0 fully saturated rings. The number of benzene rings is 1. The summed E-state index contributed by atoms with van der Waals surface area (Å²) in [6.07, 6.45) is -3.21. The molecule has 0 amide bonds. The topological polar surface area (TPSA) is 52.8 Å². The molecule has 1 atom stereocenters. The van der Waals surface area contributed by atoms with Crippen molar-refractivity contribution in [3.63, 3.8) is 0 Å². The van der Waals surface area contributed by atoms with Crippen LogP contribution >= 0.6 is 27.5 Å². The third-order valence-electron chi connectivity index (χ3n) is 4.56. The lowest BCUT2D eigenvalue weighted by Gasteiger charge is -2.25. The van der Waals surface area contributed by atoms with Crippen LogP contribution in [0.3, 0.4) is 0 Å². The van der Waals surface area contributed by atoms with Gasteiger partial charge in [0.25, 0.3) is 0 Å². The van der Waals surface area contributed by atoms with Crippen LogP contribution in [0.1, 0.15) is 34.4 Å². The average molecular weight is 500 g/mol. The van der Waals surface area contributed by atoms with Crippen molar-refractivity contribution < 1.29 is 17.9 Å². The van der Waals surface area contributed by atoms with E-state index in [9.17, 15) is 13.2 Å². The lowest BCUT2D eigenvalue weighted by Crippen LogP contribution is -2.28. The monoisotopic (exact) mass is 498 g/mol. The summed E-state index contributed by atoms with van der Waals surface area (Å²) in [5, 5.41) is 4.52. The number of fused-ring (bicyclic) bond motifs is 1. The second kappa shape index (κ2) is 7.70. The van der Waals surface area contributed by atoms with Crippen LogP contribution in [0.4, 0.5) is 13.2 Å². The molecule has 2 heterocycles. The van der Waals surface area contributed by atoms with Crippen molar-refractivity contribution in [2.45, 2.75) is 32.5 Å². The average Bonchev–Trinajstić information content (AvgIpc) is 3.25. The minimum absolute atomic E-state index is 0.0944. The number of allylic oxidation sites excluding steroid dienone is 1. The molecule has 0 saturated heterocycles. The van der Waals surface area contributed by atoms with Gasteiger partial charge < -0.3 is 4.74 Å². The number of ether oxygens (including phenoxy) is 1. The molecule has 0 bridgehead atoms. The van der Waals surface area contributed by atoms with E-state index in [0.29, 0.717) is 33.7 Å². The predicted octanol–water partition coefficient (Wildman–Crippen LogP) is 5.91. The lowest BCUT2D eigenvalue weighted by molar-refractivity contribution is -0.198. The zero-order chi connectivity index (χ0) is 21.6. The van der Waals surface area contributed by atoms with Crippen LogP contribution < -0.4 is 4.74 Å². The van der Waals surface area contributed by atoms with Gasteiger partial charge in [0.2, 0.25) is 12.0 Å². The van der Waals surface area contributed by atoms with Crippen LogP contribution in [0.15, 0.2) is 36.5 Å². The van der Waals surface area contributed by atoms with Crippen molar-refractivity contribution >= 4 is 32.0 Å². The molecule has 0 saturated carbocycles. The highest BCUT2D eigenvalue weighted by atomic mass is 79.9. The third kappa shape index (κ3) is 3.96. The van der Waals surface area contributed by atoms with Crippen LogP contribution in [-0.4, -0.2) is 25.9 Å². The Kier molecular flexibility index (Phi) is 5.36. The first-order valence-corrected chi connectivity index (χ1v) is 10.1. The number of hydrogen-bond donors (Lipinski definition) is 0. The summed E-state index contributed by atoms with van der Waals surface area (Å²) in [7, 11) is 0. The van der Waals surface area contributed by atoms with Crippen LogP contribution in [0, 0.1) is 13.8 Å². The van der Waals surface area contributed by atoms with Gasteiger partial charge in [-0.3, -0.25) is 0 Å². The Bertz CT molecular complexity index is 1160. The van der Waals surface area contributed by atoms with E-state index >= 15 is 0 Å². The van der Waals surface area contributed by atoms with Crippen LogP contribution in [-0.2, 0) is 6.42 Å². The summed E-state index contributed by atoms with van der Waals surface area (Å²) >= 11 is 9.45. The molecule has 10 heteroatoms. The van der Waals surface area contributed by atoms with Crippen molar-refractivity contribution in [1.29, 1.82) is 0 Å². The lowest BCUT2D eigenvalue weighted by atomic mass is 10.1. The van der Waals surface area contributed by atoms with Gasteiger partial charge in [-0.15, -0.1) is 0 Å². The molecule has 5 nitrogen and oxygen atoms in total. The summed E-state index contributed by atoms with van der Waals surface area (Å²) in [6.45, 7) is 3.35. The Balaban J connectivity index is 1.83. The van der Waals surface area contributed by atoms with Crippen LogP contribution in [0.5, 0.6) is 5.88 Å². The Morgan fingerprint density at radius 3 is 2.63 bits per heavy atom. The summed E-state index contributed by atoms with van der Waals surface area (Å²) in [5.41, 5.74) is 1.76. The summed E-state index contributed by atoms with van der Waals surface area (Å²) < 4.78 is 50.1. The maximum Gasteiger partial charge on any atom is 0.429 e. The number of aryl methyl sites for hydroxylation is 2. The van der Waals surface area contributed by atoms with Gasteiger partial charge in [-0.25, -0.2) is 9.67 Å². The second-order valence-corrected chi connectivity index (χ2v) is 8.09. The molecule has 0 aliphatic heterocycles. The van der Waals surface area contributed by atoms with Crippen LogP contribution in [0.25, 0.3) is 10.2 Å².